The van der Waals surface area contributed by atoms with Crippen molar-refractivity contribution >= 4 is 5.91 Å². The molecule has 0 spiro atoms. The van der Waals surface area contributed by atoms with Crippen molar-refractivity contribution in [3.05, 3.63) is 35.9 Å². The smallest absolute Gasteiger partial charge is 0.240 e. The molecular formula is C15H24N2O. The lowest BCUT2D eigenvalue weighted by Crippen LogP contribution is -2.51. The van der Waals surface area contributed by atoms with E-state index in [2.05, 4.69) is 29.7 Å². The molecule has 0 saturated heterocycles. The van der Waals surface area contributed by atoms with Gasteiger partial charge in [0.15, 0.2) is 0 Å². The zero-order valence-corrected chi connectivity index (χ0v) is 11.8. The number of hydrogen-bond donors (Lipinski definition) is 2. The van der Waals surface area contributed by atoms with Crippen molar-refractivity contribution in [2.75, 3.05) is 7.05 Å². The number of likely N-dealkylation sites (N-methyl/N-ethyl adjacent to an activating group) is 1. The van der Waals surface area contributed by atoms with Crippen LogP contribution in [0.1, 0.15) is 45.2 Å². The molecule has 0 aliphatic rings. The van der Waals surface area contributed by atoms with Gasteiger partial charge in [-0.2, -0.15) is 0 Å². The number of rotatable bonds is 6. The van der Waals surface area contributed by atoms with Gasteiger partial charge in [0, 0.05) is 0 Å². The molecule has 1 aromatic rings. The second kappa shape index (κ2) is 6.55. The van der Waals surface area contributed by atoms with Gasteiger partial charge in [0.1, 0.15) is 0 Å². The molecule has 1 rings (SSSR count). The van der Waals surface area contributed by atoms with Gasteiger partial charge in [-0.1, -0.05) is 43.7 Å². The van der Waals surface area contributed by atoms with Gasteiger partial charge in [-0.3, -0.25) is 4.79 Å². The highest BCUT2D eigenvalue weighted by atomic mass is 16.2. The summed E-state index contributed by atoms with van der Waals surface area (Å²) in [6.45, 7) is 5.90. The van der Waals surface area contributed by atoms with E-state index in [1.54, 1.807) is 7.05 Å². The Hall–Kier alpha value is -1.35. The highest BCUT2D eigenvalue weighted by molar-refractivity contribution is 5.85. The predicted molar refractivity (Wildman–Crippen MR) is 75.4 cm³/mol. The molecule has 3 heteroatoms. The Labute approximate surface area is 110 Å². The van der Waals surface area contributed by atoms with E-state index in [-0.39, 0.29) is 11.9 Å². The molecule has 18 heavy (non-hydrogen) atoms. The maximum Gasteiger partial charge on any atom is 0.240 e. The van der Waals surface area contributed by atoms with Crippen LogP contribution in [0.3, 0.4) is 0 Å². The van der Waals surface area contributed by atoms with Crippen molar-refractivity contribution in [1.82, 2.24) is 10.6 Å². The lowest BCUT2D eigenvalue weighted by molar-refractivity contribution is -0.127. The molecule has 0 heterocycles. The summed E-state index contributed by atoms with van der Waals surface area (Å²) in [5.41, 5.74) is 0.625. The summed E-state index contributed by atoms with van der Waals surface area (Å²) in [6, 6.07) is 10.2. The van der Waals surface area contributed by atoms with Gasteiger partial charge in [0.2, 0.25) is 5.91 Å². The maximum atomic E-state index is 12.2. The molecule has 0 fully saturated rings. The van der Waals surface area contributed by atoms with E-state index < -0.39 is 5.54 Å². The van der Waals surface area contributed by atoms with Crippen LogP contribution >= 0.6 is 0 Å². The molecule has 3 nitrogen and oxygen atoms in total. The van der Waals surface area contributed by atoms with Gasteiger partial charge in [-0.15, -0.1) is 0 Å². The van der Waals surface area contributed by atoms with E-state index >= 15 is 0 Å². The molecule has 100 valence electrons. The summed E-state index contributed by atoms with van der Waals surface area (Å²) in [6.07, 6.45) is 2.00. The van der Waals surface area contributed by atoms with Crippen molar-refractivity contribution < 1.29 is 4.79 Å². The third-order valence-corrected chi connectivity index (χ3v) is 3.28. The van der Waals surface area contributed by atoms with Crippen molar-refractivity contribution in [2.45, 2.75) is 45.2 Å². The average molecular weight is 248 g/mol. The van der Waals surface area contributed by atoms with Crippen molar-refractivity contribution in [3.63, 3.8) is 0 Å². The molecular weight excluding hydrogens is 224 g/mol. The molecule has 0 aromatic heterocycles. The van der Waals surface area contributed by atoms with Crippen LogP contribution in [-0.4, -0.2) is 18.5 Å². The third-order valence-electron chi connectivity index (χ3n) is 3.28. The highest BCUT2D eigenvalue weighted by Gasteiger charge is 2.27. The van der Waals surface area contributed by atoms with Crippen LogP contribution in [0.4, 0.5) is 0 Å². The van der Waals surface area contributed by atoms with E-state index in [0.717, 1.165) is 12.8 Å². The summed E-state index contributed by atoms with van der Waals surface area (Å²) in [5, 5.41) is 6.15. The maximum absolute atomic E-state index is 12.2. The fourth-order valence-corrected chi connectivity index (χ4v) is 1.75. The monoisotopic (exact) mass is 248 g/mol. The number of hydrogen-bond acceptors (Lipinski definition) is 2. The summed E-state index contributed by atoms with van der Waals surface area (Å²) >= 11 is 0. The molecule has 0 aliphatic heterocycles. The van der Waals surface area contributed by atoms with Crippen LogP contribution in [-0.2, 0) is 4.79 Å². The highest BCUT2D eigenvalue weighted by Crippen LogP contribution is 2.19. The predicted octanol–water partition coefficient (Wildman–Crippen LogP) is 2.64. The molecule has 1 amide bonds. The lowest BCUT2D eigenvalue weighted by Gasteiger charge is -2.27. The van der Waals surface area contributed by atoms with Gasteiger partial charge in [0.25, 0.3) is 0 Å². The van der Waals surface area contributed by atoms with Gasteiger partial charge in [-0.05, 0) is 32.9 Å². The van der Waals surface area contributed by atoms with E-state index in [1.807, 2.05) is 32.0 Å². The Morgan fingerprint density at radius 3 is 2.39 bits per heavy atom. The zero-order valence-electron chi connectivity index (χ0n) is 11.8. The fraction of sp³-hybridized carbons (Fsp3) is 0.533. The molecule has 0 radical (unpaired) electrons. The summed E-state index contributed by atoms with van der Waals surface area (Å²) < 4.78 is 0. The van der Waals surface area contributed by atoms with E-state index in [1.165, 1.54) is 5.56 Å². The van der Waals surface area contributed by atoms with Crippen LogP contribution in [0, 0.1) is 0 Å². The SMILES string of the molecule is CCCC(NC(=O)C(C)(C)NC)c1ccccc1. The Kier molecular flexibility index (Phi) is 5.35. The Morgan fingerprint density at radius 1 is 1.28 bits per heavy atom. The minimum Gasteiger partial charge on any atom is -0.348 e. The summed E-state index contributed by atoms with van der Waals surface area (Å²) in [5.74, 6) is 0.0345. The molecule has 2 N–H and O–H groups in total. The van der Waals surface area contributed by atoms with Gasteiger partial charge >= 0.3 is 0 Å². The van der Waals surface area contributed by atoms with Gasteiger partial charge in [-0.25, -0.2) is 0 Å². The first-order chi connectivity index (χ1) is 8.51. The minimum atomic E-state index is -0.541. The van der Waals surface area contributed by atoms with Gasteiger partial charge in [0.05, 0.1) is 11.6 Å². The summed E-state index contributed by atoms with van der Waals surface area (Å²) in [7, 11) is 1.80. The van der Waals surface area contributed by atoms with E-state index in [9.17, 15) is 4.79 Å². The molecule has 0 saturated carbocycles. The number of carbonyl (C=O) groups excluding carboxylic acids is 1. The van der Waals surface area contributed by atoms with Crippen molar-refractivity contribution in [1.29, 1.82) is 0 Å². The number of amides is 1. The Bertz CT molecular complexity index is 373. The number of benzene rings is 1. The second-order valence-corrected chi connectivity index (χ2v) is 5.10. The first kappa shape index (κ1) is 14.7. The van der Waals surface area contributed by atoms with Crippen LogP contribution < -0.4 is 10.6 Å². The Morgan fingerprint density at radius 2 is 1.89 bits per heavy atom. The quantitative estimate of drug-likeness (QED) is 0.812. The number of carbonyl (C=O) groups is 1. The lowest BCUT2D eigenvalue weighted by atomic mass is 9.99. The fourth-order valence-electron chi connectivity index (χ4n) is 1.75. The van der Waals surface area contributed by atoms with Crippen molar-refractivity contribution in [2.24, 2.45) is 0 Å². The van der Waals surface area contributed by atoms with Crippen LogP contribution in [0.25, 0.3) is 0 Å². The normalized spacial score (nSPS) is 13.1. The largest absolute Gasteiger partial charge is 0.348 e. The third kappa shape index (κ3) is 3.84. The van der Waals surface area contributed by atoms with E-state index in [0.29, 0.717) is 0 Å². The average Bonchev–Trinajstić information content (AvgIpc) is 2.39. The topological polar surface area (TPSA) is 41.1 Å². The summed E-state index contributed by atoms with van der Waals surface area (Å²) in [4.78, 5) is 12.2. The van der Waals surface area contributed by atoms with Crippen LogP contribution in [0.5, 0.6) is 0 Å². The first-order valence-corrected chi connectivity index (χ1v) is 6.56. The molecule has 1 atom stereocenters. The van der Waals surface area contributed by atoms with Crippen molar-refractivity contribution in [3.8, 4) is 0 Å². The minimum absolute atomic E-state index is 0.0345. The first-order valence-electron chi connectivity index (χ1n) is 6.56. The molecule has 1 aromatic carbocycles. The standard InChI is InChI=1S/C15H24N2O/c1-5-9-13(12-10-7-6-8-11-12)17-14(18)15(2,3)16-4/h6-8,10-11,13,16H,5,9H2,1-4H3,(H,17,18). The number of nitrogens with one attached hydrogen (secondary N) is 2. The van der Waals surface area contributed by atoms with Gasteiger partial charge < -0.3 is 10.6 Å². The van der Waals surface area contributed by atoms with Crippen LogP contribution in [0.15, 0.2) is 30.3 Å². The molecule has 0 aliphatic carbocycles. The van der Waals surface area contributed by atoms with Crippen LogP contribution in [0.2, 0.25) is 0 Å². The second-order valence-electron chi connectivity index (χ2n) is 5.10. The Balaban J connectivity index is 2.79. The zero-order chi connectivity index (χ0) is 13.6. The van der Waals surface area contributed by atoms with E-state index in [4.69, 9.17) is 0 Å². The molecule has 0 bridgehead atoms. The molecule has 1 unspecified atom stereocenters.